The molecule has 1 heterocycles. The number of rotatable bonds is 3. The van der Waals surface area contributed by atoms with E-state index in [1.54, 1.807) is 0 Å². The van der Waals surface area contributed by atoms with E-state index in [0.717, 1.165) is 12.8 Å². The van der Waals surface area contributed by atoms with Crippen LogP contribution >= 0.6 is 0 Å². The zero-order valence-corrected chi connectivity index (χ0v) is 11.2. The smallest absolute Gasteiger partial charge is 0.0613 e. The Hall–Kier alpha value is -0.120. The number of aliphatic hydroxyl groups is 1. The van der Waals surface area contributed by atoms with Crippen LogP contribution in [-0.4, -0.2) is 48.3 Å². The first-order chi connectivity index (χ1) is 8.29. The number of hydrogen-bond acceptors (Lipinski definition) is 3. The minimum Gasteiger partial charge on any atom is -0.394 e. The summed E-state index contributed by atoms with van der Waals surface area (Å²) < 4.78 is 0. The summed E-state index contributed by atoms with van der Waals surface area (Å²) in [5, 5.41) is 12.9. The van der Waals surface area contributed by atoms with Gasteiger partial charge < -0.3 is 15.3 Å². The van der Waals surface area contributed by atoms with Gasteiger partial charge in [0.25, 0.3) is 0 Å². The van der Waals surface area contributed by atoms with Crippen molar-refractivity contribution in [2.24, 2.45) is 0 Å². The van der Waals surface area contributed by atoms with Crippen molar-refractivity contribution in [3.05, 3.63) is 0 Å². The van der Waals surface area contributed by atoms with Gasteiger partial charge in [0.1, 0.15) is 0 Å². The van der Waals surface area contributed by atoms with Crippen molar-refractivity contribution < 1.29 is 5.11 Å². The summed E-state index contributed by atoms with van der Waals surface area (Å²) in [6.45, 7) is 2.83. The third-order valence-corrected chi connectivity index (χ3v) is 4.82. The molecule has 0 aromatic carbocycles. The zero-order valence-electron chi connectivity index (χ0n) is 11.2. The van der Waals surface area contributed by atoms with E-state index in [1.165, 1.54) is 51.6 Å². The first-order valence-corrected chi connectivity index (χ1v) is 7.33. The highest BCUT2D eigenvalue weighted by Gasteiger charge is 2.39. The van der Waals surface area contributed by atoms with Gasteiger partial charge in [-0.15, -0.1) is 0 Å². The van der Waals surface area contributed by atoms with Crippen molar-refractivity contribution in [2.45, 2.75) is 62.9 Å². The molecule has 3 nitrogen and oxygen atoms in total. The molecule has 2 fully saturated rings. The lowest BCUT2D eigenvalue weighted by atomic mass is 9.98. The highest BCUT2D eigenvalue weighted by Crippen LogP contribution is 2.33. The monoisotopic (exact) mass is 240 g/mol. The average Bonchev–Trinajstić information content (AvgIpc) is 2.74. The van der Waals surface area contributed by atoms with Crippen molar-refractivity contribution in [1.29, 1.82) is 0 Å². The maximum absolute atomic E-state index is 9.55. The van der Waals surface area contributed by atoms with Crippen LogP contribution in [0.3, 0.4) is 0 Å². The van der Waals surface area contributed by atoms with E-state index in [4.69, 9.17) is 0 Å². The molecule has 0 aromatic rings. The fourth-order valence-corrected chi connectivity index (χ4v) is 3.50. The molecule has 0 aromatic heterocycles. The van der Waals surface area contributed by atoms with E-state index in [2.05, 4.69) is 10.2 Å². The summed E-state index contributed by atoms with van der Waals surface area (Å²) in [4.78, 5) is 2.69. The van der Waals surface area contributed by atoms with Gasteiger partial charge in [-0.2, -0.15) is 0 Å². The van der Waals surface area contributed by atoms with Crippen LogP contribution in [0.5, 0.6) is 0 Å². The first kappa shape index (κ1) is 13.3. The highest BCUT2D eigenvalue weighted by atomic mass is 16.3. The molecule has 1 saturated carbocycles. The van der Waals surface area contributed by atoms with Crippen LogP contribution in [0.25, 0.3) is 0 Å². The Labute approximate surface area is 106 Å². The Balaban J connectivity index is 1.89. The van der Waals surface area contributed by atoms with Crippen LogP contribution in [0.15, 0.2) is 0 Å². The van der Waals surface area contributed by atoms with Gasteiger partial charge in [0.15, 0.2) is 0 Å². The van der Waals surface area contributed by atoms with E-state index >= 15 is 0 Å². The number of likely N-dealkylation sites (N-methyl/N-ethyl adjacent to an activating group) is 1. The van der Waals surface area contributed by atoms with Crippen LogP contribution in [0.4, 0.5) is 0 Å². The molecule has 0 bridgehead atoms. The number of aliphatic hydroxyl groups excluding tert-OH is 1. The molecular weight excluding hydrogens is 212 g/mol. The van der Waals surface area contributed by atoms with Crippen LogP contribution < -0.4 is 5.32 Å². The van der Waals surface area contributed by atoms with E-state index in [0.29, 0.717) is 6.04 Å². The second-order valence-corrected chi connectivity index (χ2v) is 5.89. The quantitative estimate of drug-likeness (QED) is 0.789. The molecule has 2 rings (SSSR count). The predicted molar refractivity (Wildman–Crippen MR) is 71.2 cm³/mol. The number of nitrogens with zero attached hydrogens (tertiary/aromatic N) is 1. The van der Waals surface area contributed by atoms with Gasteiger partial charge in [0.05, 0.1) is 6.61 Å². The van der Waals surface area contributed by atoms with Gasteiger partial charge in [-0.3, -0.25) is 0 Å². The Morgan fingerprint density at radius 3 is 2.35 bits per heavy atom. The van der Waals surface area contributed by atoms with Crippen LogP contribution in [0.1, 0.15) is 51.4 Å². The molecule has 2 N–H and O–H groups in total. The predicted octanol–water partition coefficient (Wildman–Crippen LogP) is 1.76. The fourth-order valence-electron chi connectivity index (χ4n) is 3.50. The molecule has 2 atom stereocenters. The molecule has 0 radical (unpaired) electrons. The lowest BCUT2D eigenvalue weighted by Gasteiger charge is -2.32. The van der Waals surface area contributed by atoms with Crippen molar-refractivity contribution in [1.82, 2.24) is 10.2 Å². The highest BCUT2D eigenvalue weighted by molar-refractivity contribution is 4.98. The fraction of sp³-hybridized carbons (Fsp3) is 1.00. The second-order valence-electron chi connectivity index (χ2n) is 5.89. The standard InChI is InChI=1S/C14H28N2O/c1-15-14(12-17)8-7-13(11-14)16-9-5-3-2-4-6-10-16/h13,15,17H,2-12H2,1H3. The van der Waals surface area contributed by atoms with E-state index in [1.807, 2.05) is 7.05 Å². The lowest BCUT2D eigenvalue weighted by Crippen LogP contribution is -2.46. The Morgan fingerprint density at radius 1 is 1.18 bits per heavy atom. The molecule has 17 heavy (non-hydrogen) atoms. The minimum atomic E-state index is 0.00698. The van der Waals surface area contributed by atoms with Gasteiger partial charge in [0, 0.05) is 11.6 Å². The summed E-state index contributed by atoms with van der Waals surface area (Å²) >= 11 is 0. The van der Waals surface area contributed by atoms with E-state index in [-0.39, 0.29) is 12.1 Å². The van der Waals surface area contributed by atoms with Gasteiger partial charge in [-0.1, -0.05) is 19.3 Å². The number of hydrogen-bond donors (Lipinski definition) is 2. The summed E-state index contributed by atoms with van der Waals surface area (Å²) in [6.07, 6.45) is 10.5. The lowest BCUT2D eigenvalue weighted by molar-refractivity contribution is 0.142. The molecule has 100 valence electrons. The Bertz CT molecular complexity index is 220. The van der Waals surface area contributed by atoms with Crippen LogP contribution in [-0.2, 0) is 0 Å². The third kappa shape index (κ3) is 3.21. The SMILES string of the molecule is CNC1(CO)CCC(N2CCCCCCC2)C1. The van der Waals surface area contributed by atoms with Crippen molar-refractivity contribution in [3.63, 3.8) is 0 Å². The maximum Gasteiger partial charge on any atom is 0.0613 e. The largest absolute Gasteiger partial charge is 0.394 e. The molecule has 0 amide bonds. The number of likely N-dealkylation sites (tertiary alicyclic amines) is 1. The third-order valence-electron chi connectivity index (χ3n) is 4.82. The summed E-state index contributed by atoms with van der Waals surface area (Å²) in [7, 11) is 1.99. The summed E-state index contributed by atoms with van der Waals surface area (Å²) in [6, 6.07) is 0.702. The maximum atomic E-state index is 9.55. The van der Waals surface area contributed by atoms with Crippen molar-refractivity contribution in [2.75, 3.05) is 26.7 Å². The molecule has 0 spiro atoms. The van der Waals surface area contributed by atoms with Crippen molar-refractivity contribution >= 4 is 0 Å². The molecule has 2 unspecified atom stereocenters. The molecule has 3 heteroatoms. The molecule has 2 aliphatic rings. The van der Waals surface area contributed by atoms with Gasteiger partial charge in [-0.25, -0.2) is 0 Å². The van der Waals surface area contributed by atoms with Crippen molar-refractivity contribution in [3.8, 4) is 0 Å². The number of nitrogens with one attached hydrogen (secondary N) is 1. The Morgan fingerprint density at radius 2 is 1.82 bits per heavy atom. The van der Waals surface area contributed by atoms with E-state index < -0.39 is 0 Å². The van der Waals surface area contributed by atoms with Gasteiger partial charge in [0.2, 0.25) is 0 Å². The van der Waals surface area contributed by atoms with Crippen LogP contribution in [0.2, 0.25) is 0 Å². The van der Waals surface area contributed by atoms with Gasteiger partial charge in [-0.05, 0) is 52.2 Å². The molecular formula is C14H28N2O. The molecule has 1 aliphatic carbocycles. The average molecular weight is 240 g/mol. The summed E-state index contributed by atoms with van der Waals surface area (Å²) in [5.41, 5.74) is 0.00698. The minimum absolute atomic E-state index is 0.00698. The normalized spacial score (nSPS) is 36.7. The second kappa shape index (κ2) is 6.17. The first-order valence-electron chi connectivity index (χ1n) is 7.33. The molecule has 1 saturated heterocycles. The Kier molecular flexibility index (Phi) is 4.83. The van der Waals surface area contributed by atoms with Gasteiger partial charge >= 0.3 is 0 Å². The molecule has 1 aliphatic heterocycles. The summed E-state index contributed by atoms with van der Waals surface area (Å²) in [5.74, 6) is 0. The van der Waals surface area contributed by atoms with E-state index in [9.17, 15) is 5.11 Å². The zero-order chi connectivity index (χ0) is 12.1. The van der Waals surface area contributed by atoms with Crippen LogP contribution in [0, 0.1) is 0 Å². The topological polar surface area (TPSA) is 35.5 Å².